The second-order valence-electron chi connectivity index (χ2n) is 5.07. The molecule has 2 aromatic heterocycles. The lowest BCUT2D eigenvalue weighted by molar-refractivity contribution is 0.0697. The van der Waals surface area contributed by atoms with E-state index in [1.54, 1.807) is 29.5 Å². The van der Waals surface area contributed by atoms with Crippen LogP contribution in [-0.2, 0) is 0 Å². The van der Waals surface area contributed by atoms with Crippen LogP contribution in [0.1, 0.15) is 34.9 Å². The van der Waals surface area contributed by atoms with E-state index in [0.717, 1.165) is 22.5 Å². The van der Waals surface area contributed by atoms with Gasteiger partial charge < -0.3 is 5.11 Å². The molecule has 1 aliphatic rings. The molecule has 1 aliphatic carbocycles. The number of thiophene rings is 1. The lowest BCUT2D eigenvalue weighted by Crippen LogP contribution is -2.00. The summed E-state index contributed by atoms with van der Waals surface area (Å²) < 4.78 is 2.11. The van der Waals surface area contributed by atoms with Crippen molar-refractivity contribution in [3.05, 3.63) is 46.4 Å². The Labute approximate surface area is 119 Å². The highest BCUT2D eigenvalue weighted by atomic mass is 32.1. The second kappa shape index (κ2) is 4.18. The van der Waals surface area contributed by atoms with Gasteiger partial charge in [0.15, 0.2) is 0 Å². The van der Waals surface area contributed by atoms with E-state index in [0.29, 0.717) is 11.5 Å². The Bertz CT molecular complexity index is 801. The molecule has 1 aromatic carbocycles. The third-order valence-corrected chi connectivity index (χ3v) is 4.31. The highest BCUT2D eigenvalue weighted by Gasteiger charge is 2.30. The maximum atomic E-state index is 11.2. The Kier molecular flexibility index (Phi) is 2.44. The Morgan fingerprint density at radius 2 is 2.20 bits per heavy atom. The van der Waals surface area contributed by atoms with Gasteiger partial charge in [-0.25, -0.2) is 9.78 Å². The summed E-state index contributed by atoms with van der Waals surface area (Å²) in [4.78, 5) is 15.9. The van der Waals surface area contributed by atoms with Gasteiger partial charge in [-0.1, -0.05) is 0 Å². The van der Waals surface area contributed by atoms with Crippen LogP contribution in [0.5, 0.6) is 0 Å². The van der Waals surface area contributed by atoms with Crippen molar-refractivity contribution in [2.75, 3.05) is 0 Å². The largest absolute Gasteiger partial charge is 0.478 e. The van der Waals surface area contributed by atoms with Gasteiger partial charge in [-0.2, -0.15) is 11.3 Å². The number of hydrogen-bond acceptors (Lipinski definition) is 3. The molecule has 0 saturated heterocycles. The molecule has 1 N–H and O–H groups in total. The van der Waals surface area contributed by atoms with Crippen molar-refractivity contribution in [3.63, 3.8) is 0 Å². The fraction of sp³-hybridized carbons (Fsp3) is 0.200. The Hall–Kier alpha value is -2.14. The monoisotopic (exact) mass is 284 g/mol. The highest BCUT2D eigenvalue weighted by Crippen LogP contribution is 2.42. The van der Waals surface area contributed by atoms with E-state index in [1.165, 1.54) is 12.8 Å². The number of aromatic carboxylic acids is 1. The minimum Gasteiger partial charge on any atom is -0.478 e. The van der Waals surface area contributed by atoms with Crippen LogP contribution in [0.25, 0.3) is 16.7 Å². The quantitative estimate of drug-likeness (QED) is 0.798. The van der Waals surface area contributed by atoms with Crippen LogP contribution >= 0.6 is 11.3 Å². The van der Waals surface area contributed by atoms with Gasteiger partial charge in [0, 0.05) is 11.3 Å². The zero-order valence-corrected chi connectivity index (χ0v) is 11.4. The summed E-state index contributed by atoms with van der Waals surface area (Å²) in [5, 5.41) is 13.3. The van der Waals surface area contributed by atoms with Crippen LogP contribution in [0, 0.1) is 0 Å². The summed E-state index contributed by atoms with van der Waals surface area (Å²) in [6.07, 6.45) is 2.33. The van der Waals surface area contributed by atoms with Gasteiger partial charge in [0.05, 0.1) is 22.3 Å². The molecular weight excluding hydrogens is 272 g/mol. The van der Waals surface area contributed by atoms with Crippen LogP contribution in [0.2, 0.25) is 0 Å². The van der Waals surface area contributed by atoms with E-state index >= 15 is 0 Å². The van der Waals surface area contributed by atoms with Crippen LogP contribution in [-0.4, -0.2) is 20.6 Å². The first-order chi connectivity index (χ1) is 9.74. The number of carboxylic acid groups (broad SMARTS) is 1. The van der Waals surface area contributed by atoms with Crippen molar-refractivity contribution in [3.8, 4) is 5.69 Å². The van der Waals surface area contributed by atoms with Crippen LogP contribution < -0.4 is 0 Å². The summed E-state index contributed by atoms with van der Waals surface area (Å²) >= 11 is 1.63. The number of hydrogen-bond donors (Lipinski definition) is 1. The molecule has 0 unspecified atom stereocenters. The zero-order valence-electron chi connectivity index (χ0n) is 10.6. The van der Waals surface area contributed by atoms with Gasteiger partial charge in [0.1, 0.15) is 5.82 Å². The molecule has 0 atom stereocenters. The first-order valence-corrected chi connectivity index (χ1v) is 7.46. The van der Waals surface area contributed by atoms with E-state index in [-0.39, 0.29) is 0 Å². The number of imidazole rings is 1. The summed E-state index contributed by atoms with van der Waals surface area (Å²) in [5.74, 6) is 0.662. The molecule has 4 nitrogen and oxygen atoms in total. The Morgan fingerprint density at radius 1 is 1.35 bits per heavy atom. The van der Waals surface area contributed by atoms with Crippen LogP contribution in [0.4, 0.5) is 0 Å². The maximum absolute atomic E-state index is 11.2. The number of carboxylic acids is 1. The third kappa shape index (κ3) is 1.74. The molecule has 0 spiro atoms. The standard InChI is InChI=1S/C15H12N2O2S/c18-15(19)10-3-4-12-13(7-10)17(11-5-6-20-8-11)14(16-12)9-1-2-9/h3-9H,1-2H2,(H,18,19). The molecule has 0 aliphatic heterocycles. The van der Waals surface area contributed by atoms with Gasteiger partial charge in [-0.05, 0) is 42.5 Å². The maximum Gasteiger partial charge on any atom is 0.335 e. The van der Waals surface area contributed by atoms with Crippen molar-refractivity contribution >= 4 is 28.3 Å². The normalized spacial score (nSPS) is 14.8. The van der Waals surface area contributed by atoms with Gasteiger partial charge in [0.25, 0.3) is 0 Å². The van der Waals surface area contributed by atoms with E-state index in [2.05, 4.69) is 9.95 Å². The summed E-state index contributed by atoms with van der Waals surface area (Å²) in [6.45, 7) is 0. The number of fused-ring (bicyclic) bond motifs is 1. The highest BCUT2D eigenvalue weighted by molar-refractivity contribution is 7.08. The first kappa shape index (κ1) is 11.7. The number of carbonyl (C=O) groups is 1. The van der Waals surface area contributed by atoms with Gasteiger partial charge in [-0.15, -0.1) is 0 Å². The Balaban J connectivity index is 2.03. The summed E-state index contributed by atoms with van der Waals surface area (Å²) in [6, 6.07) is 7.18. The summed E-state index contributed by atoms with van der Waals surface area (Å²) in [5.41, 5.74) is 3.12. The smallest absolute Gasteiger partial charge is 0.335 e. The predicted molar refractivity (Wildman–Crippen MR) is 77.9 cm³/mol. The molecular formula is C15H12N2O2S. The molecule has 3 aromatic rings. The van der Waals surface area contributed by atoms with E-state index in [1.807, 2.05) is 11.4 Å². The molecule has 100 valence electrons. The molecule has 0 radical (unpaired) electrons. The molecule has 2 heterocycles. The molecule has 1 saturated carbocycles. The minimum absolute atomic E-state index is 0.302. The van der Waals surface area contributed by atoms with Crippen molar-refractivity contribution in [1.82, 2.24) is 9.55 Å². The van der Waals surface area contributed by atoms with Crippen molar-refractivity contribution < 1.29 is 9.90 Å². The number of benzene rings is 1. The third-order valence-electron chi connectivity index (χ3n) is 3.63. The van der Waals surface area contributed by atoms with Crippen LogP contribution in [0.15, 0.2) is 35.0 Å². The first-order valence-electron chi connectivity index (χ1n) is 6.52. The predicted octanol–water partition coefficient (Wildman–Crippen LogP) is 3.66. The molecule has 5 heteroatoms. The van der Waals surface area contributed by atoms with Crippen molar-refractivity contribution in [2.45, 2.75) is 18.8 Å². The van der Waals surface area contributed by atoms with E-state index < -0.39 is 5.97 Å². The molecule has 1 fully saturated rings. The fourth-order valence-corrected chi connectivity index (χ4v) is 3.12. The molecule has 0 bridgehead atoms. The van der Waals surface area contributed by atoms with Gasteiger partial charge in [0.2, 0.25) is 0 Å². The topological polar surface area (TPSA) is 55.1 Å². The number of rotatable bonds is 3. The van der Waals surface area contributed by atoms with Crippen molar-refractivity contribution in [1.29, 1.82) is 0 Å². The lowest BCUT2D eigenvalue weighted by atomic mass is 10.2. The molecule has 20 heavy (non-hydrogen) atoms. The fourth-order valence-electron chi connectivity index (χ4n) is 2.50. The van der Waals surface area contributed by atoms with Crippen LogP contribution in [0.3, 0.4) is 0 Å². The Morgan fingerprint density at radius 3 is 2.85 bits per heavy atom. The molecule has 4 rings (SSSR count). The average molecular weight is 284 g/mol. The van der Waals surface area contributed by atoms with Crippen molar-refractivity contribution in [2.24, 2.45) is 0 Å². The van der Waals surface area contributed by atoms with E-state index in [4.69, 9.17) is 10.1 Å². The van der Waals surface area contributed by atoms with Gasteiger partial charge >= 0.3 is 5.97 Å². The van der Waals surface area contributed by atoms with Gasteiger partial charge in [-0.3, -0.25) is 4.57 Å². The SMILES string of the molecule is O=C(O)c1ccc2nc(C3CC3)n(-c3ccsc3)c2c1. The lowest BCUT2D eigenvalue weighted by Gasteiger charge is -2.06. The zero-order chi connectivity index (χ0) is 13.7. The second-order valence-corrected chi connectivity index (χ2v) is 5.85. The summed E-state index contributed by atoms with van der Waals surface area (Å²) in [7, 11) is 0. The number of nitrogens with zero attached hydrogens (tertiary/aromatic N) is 2. The number of aromatic nitrogens is 2. The minimum atomic E-state index is -0.905. The average Bonchev–Trinajstić information content (AvgIpc) is 3.01. The molecule has 0 amide bonds. The van der Waals surface area contributed by atoms with E-state index in [9.17, 15) is 4.79 Å².